The molecular formula is C56H62O6. The Hall–Kier alpha value is -5.24. The van der Waals surface area contributed by atoms with Gasteiger partial charge in [-0.15, -0.1) is 0 Å². The Bertz CT molecular complexity index is 2260. The lowest BCUT2D eigenvalue weighted by Crippen LogP contribution is -2.29. The molecular weight excluding hydrogens is 769 g/mol. The van der Waals surface area contributed by atoms with Gasteiger partial charge in [-0.2, -0.15) is 0 Å². The van der Waals surface area contributed by atoms with Crippen LogP contribution in [-0.2, 0) is 29.8 Å². The number of rotatable bonds is 21. The average Bonchev–Trinajstić information content (AvgIpc) is 3.74. The van der Waals surface area contributed by atoms with Gasteiger partial charge < -0.3 is 28.4 Å². The Morgan fingerprint density at radius 3 is 0.806 bits per heavy atom. The zero-order chi connectivity index (χ0) is 43.1. The zero-order valence-corrected chi connectivity index (χ0v) is 37.5. The minimum atomic E-state index is -0.295. The smallest absolute Gasteiger partial charge is 0.118 e. The third-order valence-electron chi connectivity index (χ3n) is 13.4. The van der Waals surface area contributed by atoms with Gasteiger partial charge in [-0.25, -0.2) is 0 Å². The monoisotopic (exact) mass is 830 g/mol. The van der Waals surface area contributed by atoms with Crippen LogP contribution in [0.4, 0.5) is 0 Å². The zero-order valence-electron chi connectivity index (χ0n) is 37.5. The molecule has 0 N–H and O–H groups in total. The van der Waals surface area contributed by atoms with Crippen molar-refractivity contribution in [3.05, 3.63) is 144 Å². The highest BCUT2D eigenvalue weighted by atomic mass is 16.5. The summed E-state index contributed by atoms with van der Waals surface area (Å²) in [6, 6.07) is 45.1. The molecule has 0 bridgehead atoms. The molecule has 322 valence electrons. The molecule has 2 aliphatic rings. The van der Waals surface area contributed by atoms with Gasteiger partial charge in [0, 0.05) is 63.7 Å². The molecule has 0 aliphatic heterocycles. The van der Waals surface area contributed by atoms with Crippen molar-refractivity contribution in [3.8, 4) is 67.1 Å². The molecule has 6 nitrogen and oxygen atoms in total. The van der Waals surface area contributed by atoms with Gasteiger partial charge in [0.1, 0.15) is 11.5 Å². The normalized spacial score (nSPS) is 14.0. The highest BCUT2D eigenvalue weighted by molar-refractivity contribution is 5.89. The van der Waals surface area contributed by atoms with Crippen LogP contribution >= 0.6 is 0 Å². The Morgan fingerprint density at radius 1 is 0.323 bits per heavy atom. The Labute approximate surface area is 369 Å². The van der Waals surface area contributed by atoms with E-state index in [0.717, 1.165) is 37.2 Å². The van der Waals surface area contributed by atoms with Crippen LogP contribution in [0.15, 0.2) is 121 Å². The Balaban J connectivity index is 1.26. The van der Waals surface area contributed by atoms with Crippen molar-refractivity contribution >= 4 is 0 Å². The van der Waals surface area contributed by atoms with Crippen molar-refractivity contribution in [3.63, 3.8) is 0 Å². The maximum atomic E-state index is 6.16. The summed E-state index contributed by atoms with van der Waals surface area (Å²) in [5, 5.41) is 0. The lowest BCUT2D eigenvalue weighted by atomic mass is 9.71. The van der Waals surface area contributed by atoms with E-state index in [1.165, 1.54) is 77.9 Å². The Morgan fingerprint density at radius 2 is 0.565 bits per heavy atom. The lowest BCUT2D eigenvalue weighted by molar-refractivity contribution is 0.105. The first-order chi connectivity index (χ1) is 30.4. The topological polar surface area (TPSA) is 55.4 Å². The molecule has 6 heteroatoms. The van der Waals surface area contributed by atoms with Crippen molar-refractivity contribution < 1.29 is 28.4 Å². The van der Waals surface area contributed by atoms with E-state index in [1.807, 2.05) is 24.3 Å². The minimum Gasteiger partial charge on any atom is -0.497 e. The highest BCUT2D eigenvalue weighted by Gasteiger charge is 2.45. The molecule has 8 rings (SSSR count). The van der Waals surface area contributed by atoms with Crippen LogP contribution in [0.5, 0.6) is 11.5 Å². The molecule has 0 aromatic heterocycles. The molecule has 62 heavy (non-hydrogen) atoms. The molecule has 0 amide bonds. The summed E-state index contributed by atoms with van der Waals surface area (Å²) in [6.07, 6.45) is 3.43. The third kappa shape index (κ3) is 8.22. The van der Waals surface area contributed by atoms with Gasteiger partial charge in [-0.3, -0.25) is 0 Å². The Kier molecular flexibility index (Phi) is 13.6. The van der Waals surface area contributed by atoms with Crippen LogP contribution in [0.2, 0.25) is 0 Å². The molecule has 0 fully saturated rings. The van der Waals surface area contributed by atoms with Crippen LogP contribution < -0.4 is 9.47 Å². The maximum absolute atomic E-state index is 6.16. The van der Waals surface area contributed by atoms with Crippen molar-refractivity contribution in [1.82, 2.24) is 0 Å². The molecule has 0 radical (unpaired) electrons. The van der Waals surface area contributed by atoms with Gasteiger partial charge in [0.25, 0.3) is 0 Å². The number of ether oxygens (including phenoxy) is 6. The second-order valence-electron chi connectivity index (χ2n) is 16.5. The van der Waals surface area contributed by atoms with E-state index in [4.69, 9.17) is 28.4 Å². The predicted molar refractivity (Wildman–Crippen MR) is 253 cm³/mol. The fourth-order valence-electron chi connectivity index (χ4n) is 10.2. The van der Waals surface area contributed by atoms with Crippen molar-refractivity contribution in [1.29, 1.82) is 0 Å². The summed E-state index contributed by atoms with van der Waals surface area (Å²) in [6.45, 7) is 13.7. The standard InChI is InChI=1S/C56H62O6/c1-7-59-31-27-55(28-32-60-8-2)51-35-41(39-11-19-45(57-5)20-12-39)15-23-47(51)49-25-17-43(37-53(49)55)44-18-26-50-48-24-16-42(40-13-21-46(58-6)22-14-40)36-52(48)56(54(50)38-44,29-33-61-9-3)30-34-62-10-4/h11-26,35-38H,7-10,27-34H2,1-6H3. The summed E-state index contributed by atoms with van der Waals surface area (Å²) >= 11 is 0. The van der Waals surface area contributed by atoms with E-state index in [9.17, 15) is 0 Å². The molecule has 0 heterocycles. The number of fused-ring (bicyclic) bond motifs is 6. The van der Waals surface area contributed by atoms with E-state index in [1.54, 1.807) is 14.2 Å². The summed E-state index contributed by atoms with van der Waals surface area (Å²) < 4.78 is 35.6. The molecule has 6 aromatic carbocycles. The van der Waals surface area contributed by atoms with Crippen molar-refractivity contribution in [2.45, 2.75) is 64.2 Å². The highest BCUT2D eigenvalue weighted by Crippen LogP contribution is 2.57. The van der Waals surface area contributed by atoms with Crippen LogP contribution in [-0.4, -0.2) is 67.1 Å². The first-order valence-electron chi connectivity index (χ1n) is 22.6. The van der Waals surface area contributed by atoms with E-state index >= 15 is 0 Å². The molecule has 6 aromatic rings. The van der Waals surface area contributed by atoms with Crippen molar-refractivity contribution in [2.75, 3.05) is 67.1 Å². The fourth-order valence-corrected chi connectivity index (χ4v) is 10.2. The largest absolute Gasteiger partial charge is 0.497 e. The third-order valence-corrected chi connectivity index (χ3v) is 13.4. The van der Waals surface area contributed by atoms with Crippen LogP contribution in [0.3, 0.4) is 0 Å². The molecule has 0 atom stereocenters. The molecule has 0 spiro atoms. The summed E-state index contributed by atoms with van der Waals surface area (Å²) in [7, 11) is 3.42. The van der Waals surface area contributed by atoms with E-state index in [-0.39, 0.29) is 10.8 Å². The second kappa shape index (κ2) is 19.4. The molecule has 0 saturated carbocycles. The average molecular weight is 831 g/mol. The lowest BCUT2D eigenvalue weighted by Gasteiger charge is -2.33. The SMILES string of the molecule is CCOCCC1(CCOCC)c2cc(-c3ccc(OC)cc3)ccc2-c2ccc(-c3ccc4c(c3)C(CCOCC)(CCOCC)c3cc(-c5ccc(OC)cc5)ccc3-4)cc21. The van der Waals surface area contributed by atoms with Gasteiger partial charge in [0.2, 0.25) is 0 Å². The summed E-state index contributed by atoms with van der Waals surface area (Å²) in [4.78, 5) is 0. The number of hydrogen-bond donors (Lipinski definition) is 0. The molecule has 0 unspecified atom stereocenters. The van der Waals surface area contributed by atoms with Crippen LogP contribution in [0.1, 0.15) is 75.6 Å². The number of benzene rings is 6. The van der Waals surface area contributed by atoms with Gasteiger partial charge in [0.15, 0.2) is 0 Å². The van der Waals surface area contributed by atoms with Gasteiger partial charge in [0.05, 0.1) is 14.2 Å². The van der Waals surface area contributed by atoms with E-state index in [2.05, 4.69) is 125 Å². The van der Waals surface area contributed by atoms with E-state index in [0.29, 0.717) is 52.9 Å². The van der Waals surface area contributed by atoms with Crippen molar-refractivity contribution in [2.24, 2.45) is 0 Å². The van der Waals surface area contributed by atoms with Gasteiger partial charge >= 0.3 is 0 Å². The first kappa shape index (κ1) is 43.4. The summed E-state index contributed by atoms with van der Waals surface area (Å²) in [5.41, 5.74) is 17.1. The van der Waals surface area contributed by atoms with Gasteiger partial charge in [-0.05, 0) is 180 Å². The second-order valence-corrected chi connectivity index (χ2v) is 16.5. The van der Waals surface area contributed by atoms with Crippen LogP contribution in [0.25, 0.3) is 55.6 Å². The first-order valence-corrected chi connectivity index (χ1v) is 22.6. The van der Waals surface area contributed by atoms with E-state index < -0.39 is 0 Å². The molecule has 2 aliphatic carbocycles. The maximum Gasteiger partial charge on any atom is 0.118 e. The fraction of sp³-hybridized carbons (Fsp3) is 0.357. The quantitative estimate of drug-likeness (QED) is 0.0674. The summed E-state index contributed by atoms with van der Waals surface area (Å²) in [5.74, 6) is 1.71. The van der Waals surface area contributed by atoms with Crippen LogP contribution in [0, 0.1) is 0 Å². The predicted octanol–water partition coefficient (Wildman–Crippen LogP) is 12.9. The van der Waals surface area contributed by atoms with Gasteiger partial charge in [-0.1, -0.05) is 72.8 Å². The minimum absolute atomic E-state index is 0.295. The number of methoxy groups -OCH3 is 2. The molecule has 0 saturated heterocycles. The number of hydrogen-bond acceptors (Lipinski definition) is 6.